The Morgan fingerprint density at radius 2 is 1.96 bits per heavy atom. The Morgan fingerprint density at radius 1 is 1.12 bits per heavy atom. The molecule has 0 saturated carbocycles. The Hall–Kier alpha value is -2.01. The molecule has 1 atom stereocenters. The van der Waals surface area contributed by atoms with E-state index in [2.05, 4.69) is 4.90 Å². The molecular formula is C19H24N2O3. The fraction of sp³-hybridized carbons (Fsp3) is 0.526. The maximum absolute atomic E-state index is 12.6. The van der Waals surface area contributed by atoms with Gasteiger partial charge in [0.05, 0.1) is 0 Å². The highest BCUT2D eigenvalue weighted by Crippen LogP contribution is 2.32. The third kappa shape index (κ3) is 3.26. The molecule has 3 heterocycles. The Kier molecular flexibility index (Phi) is 4.43. The average molecular weight is 328 g/mol. The fourth-order valence-electron chi connectivity index (χ4n) is 3.86. The zero-order chi connectivity index (χ0) is 16.4. The van der Waals surface area contributed by atoms with Crippen LogP contribution >= 0.6 is 0 Å². The largest absolute Gasteiger partial charge is 0.454 e. The normalized spacial score (nSPS) is 23.5. The first kappa shape index (κ1) is 15.5. The molecule has 5 nitrogen and oxygen atoms in total. The van der Waals surface area contributed by atoms with Crippen LogP contribution in [-0.4, -0.2) is 54.7 Å². The van der Waals surface area contributed by atoms with E-state index in [1.165, 1.54) is 25.9 Å². The predicted molar refractivity (Wildman–Crippen MR) is 92.0 cm³/mol. The van der Waals surface area contributed by atoms with E-state index in [4.69, 9.17) is 9.47 Å². The molecule has 0 bridgehead atoms. The van der Waals surface area contributed by atoms with Gasteiger partial charge in [0.2, 0.25) is 12.7 Å². The lowest BCUT2D eigenvalue weighted by atomic mass is 10.1. The SMILES string of the molecule is O=C(/C=C/c1ccc2c(c1)OCO2)N1CCCC1CN1CCCC1. The van der Waals surface area contributed by atoms with Gasteiger partial charge in [0, 0.05) is 25.2 Å². The van der Waals surface area contributed by atoms with Crippen LogP contribution in [0.4, 0.5) is 0 Å². The molecule has 5 heteroatoms. The van der Waals surface area contributed by atoms with Crippen molar-refractivity contribution in [3.05, 3.63) is 29.8 Å². The van der Waals surface area contributed by atoms with Gasteiger partial charge in [-0.25, -0.2) is 0 Å². The van der Waals surface area contributed by atoms with Gasteiger partial charge in [-0.3, -0.25) is 4.79 Å². The third-order valence-corrected chi connectivity index (χ3v) is 5.14. The number of hydrogen-bond donors (Lipinski definition) is 0. The van der Waals surface area contributed by atoms with Crippen molar-refractivity contribution in [1.82, 2.24) is 9.80 Å². The van der Waals surface area contributed by atoms with Gasteiger partial charge in [-0.05, 0) is 62.5 Å². The van der Waals surface area contributed by atoms with Gasteiger partial charge in [0.25, 0.3) is 0 Å². The number of nitrogens with zero attached hydrogens (tertiary/aromatic N) is 2. The van der Waals surface area contributed by atoms with Crippen molar-refractivity contribution in [2.24, 2.45) is 0 Å². The Balaban J connectivity index is 1.39. The summed E-state index contributed by atoms with van der Waals surface area (Å²) in [5, 5.41) is 0. The number of fused-ring (bicyclic) bond motifs is 1. The van der Waals surface area contributed by atoms with Crippen LogP contribution in [0.5, 0.6) is 11.5 Å². The Labute approximate surface area is 142 Å². The van der Waals surface area contributed by atoms with Crippen LogP contribution < -0.4 is 9.47 Å². The average Bonchev–Trinajstić information content (AvgIpc) is 3.34. The first-order valence-electron chi connectivity index (χ1n) is 8.90. The van der Waals surface area contributed by atoms with Gasteiger partial charge in [0.1, 0.15) is 0 Å². The molecule has 3 aliphatic heterocycles. The maximum atomic E-state index is 12.6. The molecule has 24 heavy (non-hydrogen) atoms. The summed E-state index contributed by atoms with van der Waals surface area (Å²) in [7, 11) is 0. The molecule has 1 unspecified atom stereocenters. The van der Waals surface area contributed by atoms with Crippen LogP contribution in [0.2, 0.25) is 0 Å². The van der Waals surface area contributed by atoms with E-state index >= 15 is 0 Å². The number of carbonyl (C=O) groups excluding carboxylic acids is 1. The second-order valence-electron chi connectivity index (χ2n) is 6.78. The first-order chi connectivity index (χ1) is 11.8. The second kappa shape index (κ2) is 6.85. The highest BCUT2D eigenvalue weighted by atomic mass is 16.7. The minimum atomic E-state index is 0.120. The smallest absolute Gasteiger partial charge is 0.246 e. The quantitative estimate of drug-likeness (QED) is 0.797. The highest BCUT2D eigenvalue weighted by molar-refractivity contribution is 5.92. The van der Waals surface area contributed by atoms with Crippen LogP contribution in [0.15, 0.2) is 24.3 Å². The van der Waals surface area contributed by atoms with Crippen LogP contribution in [0, 0.1) is 0 Å². The number of amides is 1. The number of ether oxygens (including phenoxy) is 2. The molecule has 0 aromatic heterocycles. The van der Waals surface area contributed by atoms with Gasteiger partial charge in [0.15, 0.2) is 11.5 Å². The topological polar surface area (TPSA) is 42.0 Å². The standard InChI is InChI=1S/C19H24N2O3/c22-19(8-6-15-5-7-17-18(12-15)24-14-23-17)21-11-3-4-16(21)13-20-9-1-2-10-20/h5-8,12,16H,1-4,9-11,13-14H2/b8-6+. The van der Waals surface area contributed by atoms with Gasteiger partial charge in [-0.15, -0.1) is 0 Å². The summed E-state index contributed by atoms with van der Waals surface area (Å²) < 4.78 is 10.7. The summed E-state index contributed by atoms with van der Waals surface area (Å²) in [4.78, 5) is 17.1. The van der Waals surface area contributed by atoms with Crippen molar-refractivity contribution < 1.29 is 14.3 Å². The van der Waals surface area contributed by atoms with E-state index in [9.17, 15) is 4.79 Å². The Bertz CT molecular complexity index is 637. The molecule has 2 fully saturated rings. The number of benzene rings is 1. The first-order valence-corrected chi connectivity index (χ1v) is 8.90. The van der Waals surface area contributed by atoms with E-state index in [-0.39, 0.29) is 12.7 Å². The van der Waals surface area contributed by atoms with Crippen LogP contribution in [-0.2, 0) is 4.79 Å². The monoisotopic (exact) mass is 328 g/mol. The van der Waals surface area contributed by atoms with Crippen molar-refractivity contribution >= 4 is 12.0 Å². The molecule has 1 amide bonds. The highest BCUT2D eigenvalue weighted by Gasteiger charge is 2.29. The van der Waals surface area contributed by atoms with E-state index < -0.39 is 0 Å². The van der Waals surface area contributed by atoms with Crippen molar-refractivity contribution in [3.8, 4) is 11.5 Å². The molecular weight excluding hydrogens is 304 g/mol. The van der Waals surface area contributed by atoms with Crippen molar-refractivity contribution in [3.63, 3.8) is 0 Å². The molecule has 1 aromatic rings. The van der Waals surface area contributed by atoms with E-state index in [0.717, 1.165) is 43.0 Å². The lowest BCUT2D eigenvalue weighted by Gasteiger charge is -2.27. The molecule has 0 radical (unpaired) electrons. The summed E-state index contributed by atoms with van der Waals surface area (Å²) in [6.45, 7) is 4.55. The molecule has 1 aromatic carbocycles. The number of carbonyl (C=O) groups is 1. The van der Waals surface area contributed by atoms with Crippen molar-refractivity contribution in [1.29, 1.82) is 0 Å². The van der Waals surface area contributed by atoms with E-state index in [1.54, 1.807) is 6.08 Å². The Morgan fingerprint density at radius 3 is 2.83 bits per heavy atom. The summed E-state index contributed by atoms with van der Waals surface area (Å²) in [5.41, 5.74) is 0.961. The summed E-state index contributed by atoms with van der Waals surface area (Å²) in [6, 6.07) is 6.12. The molecule has 4 rings (SSSR count). The predicted octanol–water partition coefficient (Wildman–Crippen LogP) is 2.52. The van der Waals surface area contributed by atoms with Crippen molar-refractivity contribution in [2.75, 3.05) is 33.0 Å². The van der Waals surface area contributed by atoms with Crippen LogP contribution in [0.1, 0.15) is 31.2 Å². The zero-order valence-corrected chi connectivity index (χ0v) is 13.9. The number of rotatable bonds is 4. The van der Waals surface area contributed by atoms with Crippen LogP contribution in [0.25, 0.3) is 6.08 Å². The van der Waals surface area contributed by atoms with E-state index in [1.807, 2.05) is 29.2 Å². The number of likely N-dealkylation sites (tertiary alicyclic amines) is 2. The van der Waals surface area contributed by atoms with Gasteiger partial charge >= 0.3 is 0 Å². The third-order valence-electron chi connectivity index (χ3n) is 5.14. The summed E-state index contributed by atoms with van der Waals surface area (Å²) in [6.07, 6.45) is 8.40. The lowest BCUT2D eigenvalue weighted by molar-refractivity contribution is -0.127. The van der Waals surface area contributed by atoms with Gasteiger partial charge < -0.3 is 19.3 Å². The molecule has 3 aliphatic rings. The maximum Gasteiger partial charge on any atom is 0.246 e. The van der Waals surface area contributed by atoms with Crippen LogP contribution in [0.3, 0.4) is 0 Å². The summed E-state index contributed by atoms with van der Waals surface area (Å²) >= 11 is 0. The second-order valence-corrected chi connectivity index (χ2v) is 6.78. The molecule has 128 valence electrons. The summed E-state index contributed by atoms with van der Waals surface area (Å²) in [5.74, 6) is 1.63. The minimum absolute atomic E-state index is 0.120. The lowest BCUT2D eigenvalue weighted by Crippen LogP contribution is -2.41. The molecule has 2 saturated heterocycles. The fourth-order valence-corrected chi connectivity index (χ4v) is 3.86. The van der Waals surface area contributed by atoms with E-state index in [0.29, 0.717) is 6.04 Å². The van der Waals surface area contributed by atoms with Crippen molar-refractivity contribution in [2.45, 2.75) is 31.7 Å². The molecule has 0 aliphatic carbocycles. The van der Waals surface area contributed by atoms with Gasteiger partial charge in [-0.1, -0.05) is 6.07 Å². The molecule has 0 spiro atoms. The zero-order valence-electron chi connectivity index (χ0n) is 13.9. The molecule has 0 N–H and O–H groups in total. The number of hydrogen-bond acceptors (Lipinski definition) is 4. The van der Waals surface area contributed by atoms with Gasteiger partial charge in [-0.2, -0.15) is 0 Å². The minimum Gasteiger partial charge on any atom is -0.454 e.